The zero-order chi connectivity index (χ0) is 91.8. The Balaban J connectivity index is 0.000000327. The first-order valence-corrected chi connectivity index (χ1v) is 39.0. The molecule has 4 fully saturated rings. The third-order valence-corrected chi connectivity index (χ3v) is 19.4. The number of carbonyl (C=O) groups excluding carboxylic acids is 9. The molecule has 12 rings (SSSR count). The van der Waals surface area contributed by atoms with Gasteiger partial charge in [-0.1, -0.05) is 30.3 Å². The van der Waals surface area contributed by atoms with Crippen molar-refractivity contribution in [3.63, 3.8) is 0 Å². The van der Waals surface area contributed by atoms with Gasteiger partial charge in [0.25, 0.3) is 23.6 Å². The lowest BCUT2D eigenvalue weighted by Gasteiger charge is -2.27. The zero-order valence-corrected chi connectivity index (χ0v) is 75.7. The normalized spacial score (nSPS) is 15.2. The van der Waals surface area contributed by atoms with Gasteiger partial charge in [0.05, 0.1) is 79.8 Å². The van der Waals surface area contributed by atoms with Gasteiger partial charge in [-0.3, -0.25) is 38.5 Å². The van der Waals surface area contributed by atoms with E-state index in [2.05, 4.69) is 128 Å². The number of carbonyl (C=O) groups is 9. The molecular weight excluding hydrogens is 1820 g/mol. The lowest BCUT2D eigenvalue weighted by atomic mass is 10.1. The molecule has 10 heterocycles. The van der Waals surface area contributed by atoms with Crippen molar-refractivity contribution >= 4 is 169 Å². The molecule has 4 aliphatic rings. The molecule has 125 heavy (non-hydrogen) atoms. The number of fused-ring (bicyclic) bond motifs is 2. The predicted molar refractivity (Wildman–Crippen MR) is 480 cm³/mol. The van der Waals surface area contributed by atoms with Gasteiger partial charge in [0, 0.05) is 100 Å². The van der Waals surface area contributed by atoms with Crippen LogP contribution < -0.4 is 49.1 Å². The molecule has 13 N–H and O–H groups in total. The van der Waals surface area contributed by atoms with Crippen LogP contribution in [0.4, 0.5) is 41.6 Å². The summed E-state index contributed by atoms with van der Waals surface area (Å²) in [6.45, 7) is 25.1. The molecule has 0 spiro atoms. The highest BCUT2D eigenvalue weighted by Crippen LogP contribution is 2.35. The number of hydrogen-bond acceptors (Lipinski definition) is 23. The minimum atomic E-state index is -0.813. The second kappa shape index (κ2) is 47.0. The number of aromatic nitrogens is 12. The van der Waals surface area contributed by atoms with Crippen molar-refractivity contribution in [3.8, 4) is 48.9 Å². The Hall–Kier alpha value is -13.0. The maximum absolute atomic E-state index is 14.6. The first kappa shape index (κ1) is 104. The molecule has 39 nitrogen and oxygen atoms in total. The van der Waals surface area contributed by atoms with Crippen LogP contribution in [-0.4, -0.2) is 218 Å². The molecule has 4 atom stereocenters. The lowest BCUT2D eigenvalue weighted by Crippen LogP contribution is -2.37. The fourth-order valence-corrected chi connectivity index (χ4v) is 13.4. The van der Waals surface area contributed by atoms with Gasteiger partial charge in [-0.05, 0) is 172 Å². The first-order valence-electron chi connectivity index (χ1n) is 37.3. The van der Waals surface area contributed by atoms with Gasteiger partial charge in [-0.2, -0.15) is 25.9 Å². The van der Waals surface area contributed by atoms with Crippen molar-refractivity contribution in [1.82, 2.24) is 78.2 Å². The zero-order valence-electron chi connectivity index (χ0n) is 70.3. The molecule has 668 valence electrons. The van der Waals surface area contributed by atoms with E-state index in [-0.39, 0.29) is 118 Å². The summed E-state index contributed by atoms with van der Waals surface area (Å²) < 4.78 is 51.7. The number of hydrogen-bond donors (Lipinski definition) is 9. The van der Waals surface area contributed by atoms with Crippen LogP contribution in [0.15, 0.2) is 90.0 Å². The largest absolute Gasteiger partial charge is 0.444 e. The van der Waals surface area contributed by atoms with E-state index in [1.807, 2.05) is 29.6 Å². The lowest BCUT2D eigenvalue weighted by molar-refractivity contribution is -0.125. The standard InChI is InChI=1S/C22H22FN7O2.C21H31N5O5.C14H17N5O2.C11H15N5O.C8H6FIN2.C3H3ClO.ClHN4.2ClH/c1-4-19(31)29-8-7-14(11-29)30-22(25-2)20(21(24)32)16(27-30)6-5-13-9-17-18(10-15(13)23)28(3)12-26-17;1-9-14-15(16(22)27)17(24(8)18(28)30-20(2,3)4)26(23-14)13-10-11-25(12-13)19(29)31-21(5,6)7;1-4-10-12(13(15)21)14(16-3)19(17-10)9-6-7-18(8-9)11(20)5-2;1-3-8-9(10(12)17)11(13-2)16(15-8)7-4-5-14-6-7;1-12-4-11-7-3-6(10)5(9)2-8(7)12;1-2-3(4)5;1-3-5-4-2;;/h4,9-10,12,14,25H,1,7-8,11H2,2-3H3,(H2,24,32);1,13H,10-12H2,2-8H3,(H2,22,27);1,5,9,16H,2,6-8H2,3H3,(H2,15,21);1,7,13-14H,4-6H2,2H3,(H2,12,17);2-4H,1H3;2H,1H2;2H;2*1H/t14-;13-;9-;7-;;;;;/m0000...../s1. The number of aryl methyl sites for hydroxylation is 2. The molecule has 4 aliphatic heterocycles. The first-order chi connectivity index (χ1) is 58.1. The van der Waals surface area contributed by atoms with E-state index >= 15 is 0 Å². The SMILES string of the molecule is C#Cc1nn([C@H]2CCN(C(=O)C=C)C2)c(NC)c1C(N)=O.C#Cc1nn([C@H]2CCN(C(=O)OC(C)(C)C)C2)c(N(C)C(=O)OC(C)(C)C)c1C(N)=O.C#Cc1nn([C@H]2CCNC2)c(NC)c1C(N)=O.C=CC(=O)Cl.C=CC(=O)N1CC[C@H](n2nc(C#Cc3cc4ncn(C)c4cc3F)c(C(N)=O)c2NC)C1.Cl.Cl.Cn1cnc2cc(I)c(F)cc21.N=NN=NCl. The van der Waals surface area contributed by atoms with Crippen molar-refractivity contribution in [2.45, 2.75) is 103 Å². The Kier molecular flexibility index (Phi) is 39.3. The number of amides is 8. The van der Waals surface area contributed by atoms with Gasteiger partial charge >= 0.3 is 12.2 Å². The van der Waals surface area contributed by atoms with Gasteiger partial charge in [0.2, 0.25) is 17.1 Å². The summed E-state index contributed by atoms with van der Waals surface area (Å²) >= 11 is 11.2. The van der Waals surface area contributed by atoms with Crippen molar-refractivity contribution in [3.05, 3.63) is 141 Å². The number of terminal acetylenes is 3. The third kappa shape index (κ3) is 26.8. The Labute approximate surface area is 755 Å². The quantitative estimate of drug-likeness (QED) is 0.0109. The smallest absolute Gasteiger partial charge is 0.415 e. The average Bonchev–Trinajstić information content (AvgIpc) is 1.64. The molecule has 0 bridgehead atoms. The number of anilines is 4. The highest BCUT2D eigenvalue weighted by Gasteiger charge is 2.39. The van der Waals surface area contributed by atoms with Gasteiger partial charge in [0.1, 0.15) is 79.6 Å². The van der Waals surface area contributed by atoms with Crippen LogP contribution in [-0.2, 0) is 38.0 Å². The number of primary amides is 4. The molecule has 0 unspecified atom stereocenters. The molecule has 0 radical (unpaired) electrons. The van der Waals surface area contributed by atoms with E-state index in [1.165, 1.54) is 36.0 Å². The van der Waals surface area contributed by atoms with Crippen molar-refractivity contribution < 1.29 is 61.4 Å². The highest BCUT2D eigenvalue weighted by molar-refractivity contribution is 14.1. The van der Waals surface area contributed by atoms with E-state index < -0.39 is 58.1 Å². The molecule has 4 saturated heterocycles. The summed E-state index contributed by atoms with van der Waals surface area (Å²) in [6.07, 6.45) is 24.8. The number of nitrogens with zero attached hydrogens (tertiary/aromatic N) is 19. The van der Waals surface area contributed by atoms with Gasteiger partial charge in [-0.25, -0.2) is 47.1 Å². The minimum absolute atomic E-state index is 0. The van der Waals surface area contributed by atoms with Crippen LogP contribution in [0.3, 0.4) is 0 Å². The Bertz CT molecular complexity index is 5590. The Morgan fingerprint density at radius 1 is 0.608 bits per heavy atom. The van der Waals surface area contributed by atoms with E-state index in [1.54, 1.807) is 132 Å². The van der Waals surface area contributed by atoms with E-state index in [0.717, 1.165) is 47.9 Å². The predicted octanol–water partition coefficient (Wildman–Crippen LogP) is 9.07. The van der Waals surface area contributed by atoms with Gasteiger partial charge in [0.15, 0.2) is 11.5 Å². The summed E-state index contributed by atoms with van der Waals surface area (Å²) in [7, 11) is 10.1. The molecule has 46 heteroatoms. The van der Waals surface area contributed by atoms with Crippen LogP contribution in [0.1, 0.15) is 161 Å². The summed E-state index contributed by atoms with van der Waals surface area (Å²) in [5, 5.41) is 34.0. The second-order valence-electron chi connectivity index (χ2n) is 28.9. The second-order valence-corrected chi connectivity index (χ2v) is 30.6. The van der Waals surface area contributed by atoms with Crippen molar-refractivity contribution in [2.24, 2.45) is 52.1 Å². The number of allylic oxidation sites excluding steroid dienone is 1. The summed E-state index contributed by atoms with van der Waals surface area (Å²) in [5.41, 5.74) is 30.7. The number of halogens is 7. The summed E-state index contributed by atoms with van der Waals surface area (Å²) in [6, 6.07) is 5.80. The number of ether oxygens (including phenoxy) is 2. The van der Waals surface area contributed by atoms with Crippen LogP contribution in [0, 0.1) is 69.6 Å². The number of rotatable bonds is 16. The molecule has 0 saturated carbocycles. The molecule has 8 amide bonds. The fourth-order valence-electron chi connectivity index (χ4n) is 12.9. The number of nitrogens with one attached hydrogen (secondary N) is 5. The van der Waals surface area contributed by atoms with E-state index in [0.29, 0.717) is 88.9 Å². The molecule has 8 aromatic rings. The monoisotopic (exact) mass is 1920 g/mol. The molecule has 0 aliphatic carbocycles. The van der Waals surface area contributed by atoms with Crippen LogP contribution in [0.2, 0.25) is 0 Å². The van der Waals surface area contributed by atoms with Crippen molar-refractivity contribution in [2.75, 3.05) is 101 Å². The highest BCUT2D eigenvalue weighted by atomic mass is 127. The van der Waals surface area contributed by atoms with Crippen molar-refractivity contribution in [1.29, 1.82) is 5.53 Å². The average molecular weight is 1920 g/mol. The number of nitrogens with two attached hydrogens (primary N) is 4. The van der Waals surface area contributed by atoms with Crippen LogP contribution in [0.25, 0.3) is 22.1 Å². The summed E-state index contributed by atoms with van der Waals surface area (Å²) in [5.74, 6) is 10.6. The maximum Gasteiger partial charge on any atom is 0.415 e. The van der Waals surface area contributed by atoms with E-state index in [4.69, 9.17) is 68.8 Å². The van der Waals surface area contributed by atoms with Gasteiger partial charge in [-0.15, -0.1) is 44.1 Å². The number of benzene rings is 2. The van der Waals surface area contributed by atoms with Crippen LogP contribution in [0.5, 0.6) is 0 Å². The summed E-state index contributed by atoms with van der Waals surface area (Å²) in [4.78, 5) is 120. The molecule has 2 aromatic carbocycles. The van der Waals surface area contributed by atoms with Gasteiger partial charge < -0.3 is 77.5 Å². The van der Waals surface area contributed by atoms with Crippen LogP contribution >= 0.6 is 70.8 Å². The fraction of sp³-hybridized carbons (Fsp3) is 0.380. The Morgan fingerprint density at radius 2 is 1.00 bits per heavy atom. The van der Waals surface area contributed by atoms with E-state index in [9.17, 15) is 51.9 Å². The number of imidazole rings is 2. The minimum Gasteiger partial charge on any atom is -0.444 e. The maximum atomic E-state index is 14.6. The molecule has 6 aromatic heterocycles. The number of likely N-dealkylation sites (tertiary alicyclic amines) is 3. The molecular formula is C79H97Cl4F2IN28O11. The Morgan fingerprint density at radius 3 is 1.38 bits per heavy atom. The topological polar surface area (TPSA) is 505 Å². The third-order valence-electron chi connectivity index (χ3n) is 18.4.